The molecule has 0 aliphatic carbocycles. The molecule has 0 unspecified atom stereocenters. The minimum absolute atomic E-state index is 0.0468. The van der Waals surface area contributed by atoms with Crippen LogP contribution in [0.5, 0.6) is 0 Å². The molecule has 1 aliphatic heterocycles. The van der Waals surface area contributed by atoms with Crippen molar-refractivity contribution in [1.29, 1.82) is 0 Å². The second-order valence-electron chi connectivity index (χ2n) is 7.06. The predicted molar refractivity (Wildman–Crippen MR) is 102 cm³/mol. The topological polar surface area (TPSA) is 80.6 Å². The molecule has 1 aliphatic rings. The summed E-state index contributed by atoms with van der Waals surface area (Å²) in [6, 6.07) is 11.3. The Hall–Kier alpha value is -3.39. The summed E-state index contributed by atoms with van der Waals surface area (Å²) in [5, 5.41) is 19.4. The van der Waals surface area contributed by atoms with Gasteiger partial charge in [-0.3, -0.25) is 9.48 Å². The van der Waals surface area contributed by atoms with Gasteiger partial charge in [-0.2, -0.15) is 10.2 Å². The Kier molecular flexibility index (Phi) is 3.80. The number of hydrogen-bond acceptors (Lipinski definition) is 4. The van der Waals surface area contributed by atoms with Crippen molar-refractivity contribution in [3.63, 3.8) is 0 Å². The van der Waals surface area contributed by atoms with Crippen LogP contribution in [0.25, 0.3) is 5.65 Å². The molecule has 142 valence electrons. The van der Waals surface area contributed by atoms with Gasteiger partial charge in [-0.15, -0.1) is 0 Å². The van der Waals surface area contributed by atoms with Gasteiger partial charge in [0.25, 0.3) is 5.91 Å². The lowest BCUT2D eigenvalue weighted by molar-refractivity contribution is 0.0707. The highest BCUT2D eigenvalue weighted by Gasteiger charge is 2.27. The number of nitrogens with zero attached hydrogens (tertiary/aromatic N) is 6. The number of carbonyl (C=O) groups is 1. The molecule has 1 N–H and O–H groups in total. The highest BCUT2D eigenvalue weighted by Crippen LogP contribution is 2.24. The van der Waals surface area contributed by atoms with E-state index in [9.17, 15) is 9.90 Å². The maximum absolute atomic E-state index is 13.1. The van der Waals surface area contributed by atoms with E-state index >= 15 is 0 Å². The Bertz CT molecular complexity index is 1160. The van der Waals surface area contributed by atoms with Crippen LogP contribution in [-0.4, -0.2) is 46.4 Å². The minimum atomic E-state index is -0.776. The Balaban J connectivity index is 1.40. The van der Waals surface area contributed by atoms with E-state index in [1.165, 1.54) is 0 Å². The van der Waals surface area contributed by atoms with E-state index in [2.05, 4.69) is 10.2 Å². The SMILES string of the molecule is Cn1ccn2ncc(C(=O)N3CCn4nc([C@H](O)c5ccccc5)cc4C3)c12. The Labute approximate surface area is 161 Å². The number of benzene rings is 1. The molecule has 8 nitrogen and oxygen atoms in total. The number of aliphatic hydroxyl groups is 1. The summed E-state index contributed by atoms with van der Waals surface area (Å²) in [6.07, 6.45) is 4.55. The van der Waals surface area contributed by atoms with Gasteiger partial charge < -0.3 is 14.6 Å². The van der Waals surface area contributed by atoms with Gasteiger partial charge >= 0.3 is 0 Å². The van der Waals surface area contributed by atoms with Crippen molar-refractivity contribution < 1.29 is 9.90 Å². The first-order valence-corrected chi connectivity index (χ1v) is 9.19. The van der Waals surface area contributed by atoms with Crippen molar-refractivity contribution in [2.24, 2.45) is 7.05 Å². The summed E-state index contributed by atoms with van der Waals surface area (Å²) in [6.45, 7) is 1.62. The molecule has 5 rings (SSSR count). The number of aryl methyl sites for hydroxylation is 1. The van der Waals surface area contributed by atoms with Crippen LogP contribution in [0.3, 0.4) is 0 Å². The molecule has 0 spiro atoms. The zero-order chi connectivity index (χ0) is 19.3. The number of imidazole rings is 1. The number of aromatic nitrogens is 5. The largest absolute Gasteiger partial charge is 0.382 e. The first kappa shape index (κ1) is 16.8. The fraction of sp³-hybridized carbons (Fsp3) is 0.250. The van der Waals surface area contributed by atoms with E-state index in [0.29, 0.717) is 30.9 Å². The quantitative estimate of drug-likeness (QED) is 0.589. The first-order valence-electron chi connectivity index (χ1n) is 9.19. The van der Waals surface area contributed by atoms with Crippen LogP contribution < -0.4 is 0 Å². The summed E-state index contributed by atoms with van der Waals surface area (Å²) in [7, 11) is 1.90. The lowest BCUT2D eigenvalue weighted by Gasteiger charge is -2.27. The number of carbonyl (C=O) groups excluding carboxylic acids is 1. The molecule has 1 amide bonds. The summed E-state index contributed by atoms with van der Waals surface area (Å²) in [5.41, 5.74) is 3.69. The predicted octanol–water partition coefficient (Wildman–Crippen LogP) is 1.61. The normalized spacial score (nSPS) is 15.0. The van der Waals surface area contributed by atoms with Crippen molar-refractivity contribution in [1.82, 2.24) is 28.9 Å². The van der Waals surface area contributed by atoms with Crippen LogP contribution in [0.2, 0.25) is 0 Å². The Morgan fingerprint density at radius 2 is 2.00 bits per heavy atom. The van der Waals surface area contributed by atoms with Gasteiger partial charge in [0.15, 0.2) is 0 Å². The molecule has 4 heterocycles. The minimum Gasteiger partial charge on any atom is -0.382 e. The van der Waals surface area contributed by atoms with Gasteiger partial charge in [-0.05, 0) is 11.6 Å². The molecule has 1 aromatic carbocycles. The van der Waals surface area contributed by atoms with Gasteiger partial charge in [0.05, 0.1) is 30.7 Å². The number of hydrogen-bond donors (Lipinski definition) is 1. The maximum Gasteiger partial charge on any atom is 0.259 e. The second kappa shape index (κ2) is 6.35. The zero-order valence-electron chi connectivity index (χ0n) is 15.4. The molecule has 4 aromatic rings. The van der Waals surface area contributed by atoms with Crippen LogP contribution in [0.1, 0.15) is 33.4 Å². The third-order valence-electron chi connectivity index (χ3n) is 5.26. The lowest BCUT2D eigenvalue weighted by atomic mass is 10.1. The van der Waals surface area contributed by atoms with E-state index in [4.69, 9.17) is 0 Å². The monoisotopic (exact) mass is 376 g/mol. The fourth-order valence-corrected chi connectivity index (χ4v) is 3.77. The maximum atomic E-state index is 13.1. The van der Waals surface area contributed by atoms with Crippen LogP contribution >= 0.6 is 0 Å². The van der Waals surface area contributed by atoms with E-state index < -0.39 is 6.10 Å². The second-order valence-corrected chi connectivity index (χ2v) is 7.06. The molecule has 0 saturated heterocycles. The summed E-state index contributed by atoms with van der Waals surface area (Å²) >= 11 is 0. The summed E-state index contributed by atoms with van der Waals surface area (Å²) in [5.74, 6) is -0.0468. The lowest BCUT2D eigenvalue weighted by Crippen LogP contribution is -2.38. The van der Waals surface area contributed by atoms with Crippen molar-refractivity contribution in [3.05, 3.63) is 77.5 Å². The average Bonchev–Trinajstić information content (AvgIpc) is 3.43. The Morgan fingerprint density at radius 1 is 1.18 bits per heavy atom. The van der Waals surface area contributed by atoms with Gasteiger partial charge in [-0.25, -0.2) is 4.52 Å². The molecule has 8 heteroatoms. The highest BCUT2D eigenvalue weighted by atomic mass is 16.3. The van der Waals surface area contributed by atoms with Crippen molar-refractivity contribution in [3.8, 4) is 0 Å². The van der Waals surface area contributed by atoms with Crippen LogP contribution in [-0.2, 0) is 20.1 Å². The molecule has 1 atom stereocenters. The molecule has 0 bridgehead atoms. The molecular weight excluding hydrogens is 356 g/mol. The first-order chi connectivity index (χ1) is 13.6. The third-order valence-corrected chi connectivity index (χ3v) is 5.26. The fourth-order valence-electron chi connectivity index (χ4n) is 3.77. The molecule has 28 heavy (non-hydrogen) atoms. The third kappa shape index (κ3) is 2.61. The van der Waals surface area contributed by atoms with Gasteiger partial charge in [-0.1, -0.05) is 30.3 Å². The molecular formula is C20H20N6O2. The van der Waals surface area contributed by atoms with Gasteiger partial charge in [0.2, 0.25) is 0 Å². The number of aliphatic hydroxyl groups excluding tert-OH is 1. The van der Waals surface area contributed by atoms with E-state index in [0.717, 1.165) is 16.9 Å². The van der Waals surface area contributed by atoms with Crippen LogP contribution in [0, 0.1) is 0 Å². The number of rotatable bonds is 3. The molecule has 0 radical (unpaired) electrons. The van der Waals surface area contributed by atoms with E-state index in [1.807, 2.05) is 65.1 Å². The number of amides is 1. The van der Waals surface area contributed by atoms with Crippen LogP contribution in [0.4, 0.5) is 0 Å². The molecule has 0 saturated carbocycles. The Morgan fingerprint density at radius 3 is 2.82 bits per heavy atom. The van der Waals surface area contributed by atoms with E-state index in [-0.39, 0.29) is 5.91 Å². The molecule has 3 aromatic heterocycles. The smallest absolute Gasteiger partial charge is 0.259 e. The molecule has 0 fully saturated rings. The number of fused-ring (bicyclic) bond motifs is 2. The summed E-state index contributed by atoms with van der Waals surface area (Å²) in [4.78, 5) is 14.9. The zero-order valence-corrected chi connectivity index (χ0v) is 15.4. The van der Waals surface area contributed by atoms with Crippen molar-refractivity contribution in [2.45, 2.75) is 19.2 Å². The average molecular weight is 376 g/mol. The van der Waals surface area contributed by atoms with Gasteiger partial charge in [0.1, 0.15) is 17.3 Å². The van der Waals surface area contributed by atoms with E-state index in [1.54, 1.807) is 15.6 Å². The van der Waals surface area contributed by atoms with Crippen molar-refractivity contribution in [2.75, 3.05) is 6.54 Å². The van der Waals surface area contributed by atoms with Crippen molar-refractivity contribution >= 4 is 11.6 Å². The van der Waals surface area contributed by atoms with Crippen LogP contribution in [0.15, 0.2) is 55.0 Å². The summed E-state index contributed by atoms with van der Waals surface area (Å²) < 4.78 is 5.47. The standard InChI is InChI=1S/C20H20N6O2/c1-23-7-9-26-19(23)16(12-21-26)20(28)24-8-10-25-15(13-24)11-17(22-25)18(27)14-5-3-2-4-6-14/h2-7,9,11-12,18,27H,8,10,13H2,1H3/t18-/m1/s1. The van der Waals surface area contributed by atoms with Gasteiger partial charge in [0, 0.05) is 26.0 Å². The highest BCUT2D eigenvalue weighted by molar-refractivity contribution is 5.99.